The fraction of sp³-hybridized carbons (Fsp3) is 0.500. The zero-order chi connectivity index (χ0) is 13.9. The van der Waals surface area contributed by atoms with Crippen molar-refractivity contribution in [3.05, 3.63) is 29.3 Å². The van der Waals surface area contributed by atoms with Crippen molar-refractivity contribution in [2.24, 2.45) is 0 Å². The van der Waals surface area contributed by atoms with Crippen LogP contribution in [-0.4, -0.2) is 14.2 Å². The van der Waals surface area contributed by atoms with Crippen LogP contribution in [0.15, 0.2) is 12.1 Å². The van der Waals surface area contributed by atoms with Crippen LogP contribution in [0.5, 0.6) is 0 Å². The molecule has 1 rings (SSSR count). The third kappa shape index (κ3) is 3.66. The highest BCUT2D eigenvalue weighted by atomic mass is 32.2. The number of anilines is 1. The van der Waals surface area contributed by atoms with E-state index in [-0.39, 0.29) is 22.9 Å². The molecule has 102 valence electrons. The van der Waals surface area contributed by atoms with Crippen LogP contribution in [0.4, 0.5) is 14.5 Å². The molecule has 1 N–H and O–H groups in total. The van der Waals surface area contributed by atoms with Gasteiger partial charge < -0.3 is 0 Å². The number of halogens is 2. The maximum atomic E-state index is 13.6. The normalized spacial score (nSPS) is 11.9. The summed E-state index contributed by atoms with van der Waals surface area (Å²) in [5.74, 6) is -1.85. The Kier molecular flexibility index (Phi) is 4.67. The molecule has 0 aliphatic rings. The van der Waals surface area contributed by atoms with E-state index < -0.39 is 21.7 Å². The van der Waals surface area contributed by atoms with Gasteiger partial charge in [-0.3, -0.25) is 4.72 Å². The fourth-order valence-electron chi connectivity index (χ4n) is 1.69. The lowest BCUT2D eigenvalue weighted by atomic mass is 10.0. The van der Waals surface area contributed by atoms with Gasteiger partial charge in [0.2, 0.25) is 10.0 Å². The first kappa shape index (κ1) is 14.9. The first-order valence-corrected chi connectivity index (χ1v) is 7.41. The van der Waals surface area contributed by atoms with E-state index >= 15 is 0 Å². The van der Waals surface area contributed by atoms with Gasteiger partial charge in [-0.15, -0.1) is 0 Å². The lowest BCUT2D eigenvalue weighted by Gasteiger charge is -2.12. The van der Waals surface area contributed by atoms with E-state index in [1.54, 1.807) is 20.8 Å². The summed E-state index contributed by atoms with van der Waals surface area (Å²) < 4.78 is 52.4. The van der Waals surface area contributed by atoms with Crippen LogP contribution in [0.1, 0.15) is 38.7 Å². The molecule has 0 saturated carbocycles. The largest absolute Gasteiger partial charge is 0.283 e. The number of benzene rings is 1. The number of nitrogens with one attached hydrogen (secondary N) is 1. The third-order valence-corrected chi connectivity index (χ3v) is 3.90. The molecular weight excluding hydrogens is 260 g/mol. The molecule has 0 aliphatic heterocycles. The molecule has 0 aromatic heterocycles. The van der Waals surface area contributed by atoms with Gasteiger partial charge in [0.25, 0.3) is 0 Å². The molecule has 0 bridgehead atoms. The topological polar surface area (TPSA) is 46.2 Å². The Morgan fingerprint density at radius 1 is 1.22 bits per heavy atom. The Labute approximate surface area is 106 Å². The first-order chi connectivity index (χ1) is 8.26. The second-order valence-corrected chi connectivity index (χ2v) is 6.27. The average molecular weight is 277 g/mol. The zero-order valence-electron chi connectivity index (χ0n) is 10.6. The SMILES string of the molecule is CCCS(=O)(=O)Nc1cc(F)c(C(C)C)c(F)c1. The van der Waals surface area contributed by atoms with Gasteiger partial charge in [-0.25, -0.2) is 17.2 Å². The van der Waals surface area contributed by atoms with E-state index in [1.807, 2.05) is 0 Å². The summed E-state index contributed by atoms with van der Waals surface area (Å²) >= 11 is 0. The second kappa shape index (κ2) is 5.65. The third-order valence-electron chi connectivity index (χ3n) is 2.40. The van der Waals surface area contributed by atoms with E-state index in [9.17, 15) is 17.2 Å². The molecule has 0 aliphatic carbocycles. The van der Waals surface area contributed by atoms with E-state index in [0.717, 1.165) is 12.1 Å². The average Bonchev–Trinajstić information content (AvgIpc) is 2.13. The Hall–Kier alpha value is -1.17. The predicted molar refractivity (Wildman–Crippen MR) is 68.1 cm³/mol. The molecule has 0 heterocycles. The van der Waals surface area contributed by atoms with Gasteiger partial charge in [0.15, 0.2) is 0 Å². The molecule has 0 unspecified atom stereocenters. The molecule has 18 heavy (non-hydrogen) atoms. The molecule has 3 nitrogen and oxygen atoms in total. The fourth-order valence-corrected chi connectivity index (χ4v) is 2.81. The summed E-state index contributed by atoms with van der Waals surface area (Å²) in [5, 5.41) is 0. The molecule has 0 radical (unpaired) electrons. The molecule has 0 fully saturated rings. The van der Waals surface area contributed by atoms with Crippen LogP contribution in [0.3, 0.4) is 0 Å². The number of sulfonamides is 1. The molecule has 0 amide bonds. The van der Waals surface area contributed by atoms with Crippen molar-refractivity contribution < 1.29 is 17.2 Å². The van der Waals surface area contributed by atoms with Gasteiger partial charge in [0, 0.05) is 5.56 Å². The predicted octanol–water partition coefficient (Wildman–Crippen LogP) is 3.24. The van der Waals surface area contributed by atoms with Gasteiger partial charge in [-0.2, -0.15) is 0 Å². The summed E-state index contributed by atoms with van der Waals surface area (Å²) in [7, 11) is -3.53. The molecule has 0 saturated heterocycles. The van der Waals surface area contributed by atoms with Crippen molar-refractivity contribution in [2.45, 2.75) is 33.1 Å². The van der Waals surface area contributed by atoms with Gasteiger partial charge in [0.05, 0.1) is 11.4 Å². The van der Waals surface area contributed by atoms with Crippen molar-refractivity contribution in [1.82, 2.24) is 0 Å². The minimum atomic E-state index is -3.53. The van der Waals surface area contributed by atoms with Gasteiger partial charge in [-0.1, -0.05) is 20.8 Å². The van der Waals surface area contributed by atoms with Crippen molar-refractivity contribution in [3.8, 4) is 0 Å². The standard InChI is InChI=1S/C12H17F2NO2S/c1-4-5-18(16,17)15-9-6-10(13)12(8(2)3)11(14)7-9/h6-8,15H,4-5H2,1-3H3. The maximum Gasteiger partial charge on any atom is 0.232 e. The highest BCUT2D eigenvalue weighted by molar-refractivity contribution is 7.92. The Morgan fingerprint density at radius 2 is 1.72 bits per heavy atom. The number of rotatable bonds is 5. The molecule has 0 atom stereocenters. The van der Waals surface area contributed by atoms with Gasteiger partial charge >= 0.3 is 0 Å². The number of hydrogen-bond donors (Lipinski definition) is 1. The molecule has 0 spiro atoms. The van der Waals surface area contributed by atoms with Crippen LogP contribution < -0.4 is 4.72 Å². The first-order valence-electron chi connectivity index (χ1n) is 5.76. The summed E-state index contributed by atoms with van der Waals surface area (Å²) in [6.07, 6.45) is 0.435. The summed E-state index contributed by atoms with van der Waals surface area (Å²) in [6.45, 7) is 5.05. The van der Waals surface area contributed by atoms with Crippen molar-refractivity contribution >= 4 is 15.7 Å². The molecular formula is C12H17F2NO2S. The van der Waals surface area contributed by atoms with Crippen molar-refractivity contribution in [1.29, 1.82) is 0 Å². The smallest absolute Gasteiger partial charge is 0.232 e. The summed E-state index contributed by atoms with van der Waals surface area (Å²) in [6, 6.07) is 2.01. The Balaban J connectivity index is 3.08. The van der Waals surface area contributed by atoms with E-state index in [0.29, 0.717) is 6.42 Å². The molecule has 1 aromatic carbocycles. The van der Waals surface area contributed by atoms with E-state index in [1.165, 1.54) is 0 Å². The monoisotopic (exact) mass is 277 g/mol. The highest BCUT2D eigenvalue weighted by Crippen LogP contribution is 2.25. The van der Waals surface area contributed by atoms with Gasteiger partial charge in [-0.05, 0) is 24.5 Å². The maximum absolute atomic E-state index is 13.6. The zero-order valence-corrected chi connectivity index (χ0v) is 11.4. The van der Waals surface area contributed by atoms with E-state index in [4.69, 9.17) is 0 Å². The highest BCUT2D eigenvalue weighted by Gasteiger charge is 2.16. The quantitative estimate of drug-likeness (QED) is 0.898. The minimum absolute atomic E-state index is 0.0339. The Bertz CT molecular complexity index is 504. The van der Waals surface area contributed by atoms with Crippen LogP contribution in [0.2, 0.25) is 0 Å². The number of hydrogen-bond acceptors (Lipinski definition) is 2. The molecule has 1 aromatic rings. The second-order valence-electron chi connectivity index (χ2n) is 4.43. The van der Waals surface area contributed by atoms with Crippen molar-refractivity contribution in [3.63, 3.8) is 0 Å². The summed E-state index contributed by atoms with van der Waals surface area (Å²) in [4.78, 5) is 0. The van der Waals surface area contributed by atoms with Crippen LogP contribution in [-0.2, 0) is 10.0 Å². The minimum Gasteiger partial charge on any atom is -0.283 e. The summed E-state index contributed by atoms with van der Waals surface area (Å²) in [5.41, 5.74) is -0.115. The van der Waals surface area contributed by atoms with Gasteiger partial charge in [0.1, 0.15) is 11.6 Å². The lowest BCUT2D eigenvalue weighted by Crippen LogP contribution is -2.16. The van der Waals surface area contributed by atoms with Crippen LogP contribution >= 0.6 is 0 Å². The van der Waals surface area contributed by atoms with Crippen molar-refractivity contribution in [2.75, 3.05) is 10.5 Å². The van der Waals surface area contributed by atoms with E-state index in [2.05, 4.69) is 4.72 Å². The molecule has 6 heteroatoms. The lowest BCUT2D eigenvalue weighted by molar-refractivity contribution is 0.542. The Morgan fingerprint density at radius 3 is 2.11 bits per heavy atom. The van der Waals surface area contributed by atoms with Crippen LogP contribution in [0, 0.1) is 11.6 Å². The van der Waals surface area contributed by atoms with Crippen LogP contribution in [0.25, 0.3) is 0 Å².